The third-order valence-corrected chi connectivity index (χ3v) is 6.41. The van der Waals surface area contributed by atoms with Crippen molar-refractivity contribution in [3.63, 3.8) is 0 Å². The van der Waals surface area contributed by atoms with Crippen molar-refractivity contribution in [1.82, 2.24) is 0 Å². The Morgan fingerprint density at radius 2 is 1.16 bits per heavy atom. The Kier molecular flexibility index (Phi) is 5.20. The van der Waals surface area contributed by atoms with Gasteiger partial charge in [-0.3, -0.25) is 9.59 Å². The van der Waals surface area contributed by atoms with E-state index in [0.29, 0.717) is 5.75 Å². The van der Waals surface area contributed by atoms with Crippen LogP contribution in [-0.4, -0.2) is 17.0 Å². The van der Waals surface area contributed by atoms with Gasteiger partial charge in [0.25, 0.3) is 0 Å². The van der Waals surface area contributed by atoms with E-state index in [1.165, 1.54) is 0 Å². The Hall–Kier alpha value is -3.92. The van der Waals surface area contributed by atoms with E-state index in [1.807, 2.05) is 97.1 Å². The molecule has 1 fully saturated rings. The molecular formula is C28H22O4. The molecule has 32 heavy (non-hydrogen) atoms. The van der Waals surface area contributed by atoms with E-state index in [-0.39, 0.29) is 0 Å². The number of hydrogen-bond acceptors (Lipinski definition) is 3. The molecule has 0 bridgehead atoms. The maximum absolute atomic E-state index is 13.5. The first kappa shape index (κ1) is 20.0. The van der Waals surface area contributed by atoms with Gasteiger partial charge >= 0.3 is 11.9 Å². The van der Waals surface area contributed by atoms with Gasteiger partial charge in [0.05, 0.1) is 11.8 Å². The summed E-state index contributed by atoms with van der Waals surface area (Å²) < 4.78 is 5.83. The zero-order valence-electron chi connectivity index (χ0n) is 17.3. The lowest BCUT2D eigenvalue weighted by Crippen LogP contribution is -2.52. The summed E-state index contributed by atoms with van der Waals surface area (Å²) in [6.45, 7) is 0. The highest BCUT2D eigenvalue weighted by Crippen LogP contribution is 2.58. The van der Waals surface area contributed by atoms with E-state index in [2.05, 4.69) is 0 Å². The number of fused-ring (bicyclic) bond motifs is 1. The quantitative estimate of drug-likeness (QED) is 0.334. The predicted octanol–water partition coefficient (Wildman–Crippen LogP) is 5.64. The van der Waals surface area contributed by atoms with Crippen LogP contribution in [0.25, 0.3) is 10.8 Å². The molecule has 2 atom stereocenters. The van der Waals surface area contributed by atoms with Crippen molar-refractivity contribution in [1.29, 1.82) is 0 Å². The zero-order chi connectivity index (χ0) is 22.1. The Morgan fingerprint density at radius 3 is 1.72 bits per heavy atom. The van der Waals surface area contributed by atoms with E-state index in [1.54, 1.807) is 6.07 Å². The summed E-state index contributed by atoms with van der Waals surface area (Å²) in [5.74, 6) is -3.03. The van der Waals surface area contributed by atoms with E-state index >= 15 is 0 Å². The maximum Gasteiger partial charge on any atom is 0.315 e. The van der Waals surface area contributed by atoms with Gasteiger partial charge in [-0.25, -0.2) is 0 Å². The lowest BCUT2D eigenvalue weighted by molar-refractivity contribution is -0.158. The standard InChI is InChI=1S/C28H22O4/c29-27(30)25-23(19-10-3-1-4-11-19)26(24(25)20-12-5-2-6-13-20)28(31)32-22-16-15-18-9-7-8-14-21(18)17-22/h1-17,23-26H,(H,29,30)/t23-,24-,25?,26?/m1/s1. The topological polar surface area (TPSA) is 63.6 Å². The number of carboxylic acids is 1. The van der Waals surface area contributed by atoms with Crippen LogP contribution in [-0.2, 0) is 9.59 Å². The zero-order valence-corrected chi connectivity index (χ0v) is 17.3. The Bertz CT molecular complexity index is 1220. The molecule has 1 saturated carbocycles. The Morgan fingerprint density at radius 1 is 0.625 bits per heavy atom. The SMILES string of the molecule is O=C(O)C1[C@@H](c2ccccc2)C(C(=O)Oc2ccc3ccccc3c2)[C@@H]1c1ccccc1. The lowest BCUT2D eigenvalue weighted by atomic mass is 9.52. The number of rotatable bonds is 5. The van der Waals surface area contributed by atoms with Crippen LogP contribution in [0.1, 0.15) is 23.0 Å². The second-order valence-corrected chi connectivity index (χ2v) is 8.19. The van der Waals surface area contributed by atoms with Gasteiger partial charge in [-0.15, -0.1) is 0 Å². The van der Waals surface area contributed by atoms with Crippen molar-refractivity contribution in [2.75, 3.05) is 0 Å². The highest BCUT2D eigenvalue weighted by Gasteiger charge is 2.59. The second kappa shape index (κ2) is 8.31. The highest BCUT2D eigenvalue weighted by molar-refractivity contribution is 5.87. The molecule has 0 heterocycles. The third-order valence-electron chi connectivity index (χ3n) is 6.41. The smallest absolute Gasteiger partial charge is 0.315 e. The number of hydrogen-bond donors (Lipinski definition) is 1. The van der Waals surface area contributed by atoms with E-state index < -0.39 is 35.6 Å². The number of esters is 1. The molecule has 5 rings (SSSR count). The van der Waals surface area contributed by atoms with Crippen LogP contribution in [0, 0.1) is 11.8 Å². The minimum Gasteiger partial charge on any atom is -0.481 e. The van der Waals surface area contributed by atoms with Crippen LogP contribution in [0.15, 0.2) is 103 Å². The van der Waals surface area contributed by atoms with E-state index in [0.717, 1.165) is 21.9 Å². The van der Waals surface area contributed by atoms with E-state index in [9.17, 15) is 14.7 Å². The molecule has 0 radical (unpaired) electrons. The van der Waals surface area contributed by atoms with Gasteiger partial charge in [-0.1, -0.05) is 91.0 Å². The first-order chi connectivity index (χ1) is 15.6. The maximum atomic E-state index is 13.5. The van der Waals surface area contributed by atoms with Gasteiger partial charge < -0.3 is 9.84 Å². The molecular weight excluding hydrogens is 400 g/mol. The average Bonchev–Trinajstić information content (AvgIpc) is 2.79. The summed E-state index contributed by atoms with van der Waals surface area (Å²) in [6.07, 6.45) is 0. The normalized spacial score (nSPS) is 22.1. The van der Waals surface area contributed by atoms with Crippen LogP contribution in [0.4, 0.5) is 0 Å². The summed E-state index contributed by atoms with van der Waals surface area (Å²) >= 11 is 0. The summed E-state index contributed by atoms with van der Waals surface area (Å²) in [7, 11) is 0. The van der Waals surface area contributed by atoms with Gasteiger partial charge in [0.15, 0.2) is 0 Å². The van der Waals surface area contributed by atoms with Crippen LogP contribution < -0.4 is 4.74 Å². The van der Waals surface area contributed by atoms with Crippen LogP contribution in [0.2, 0.25) is 0 Å². The van der Waals surface area contributed by atoms with Crippen molar-refractivity contribution in [3.8, 4) is 5.75 Å². The molecule has 0 aromatic heterocycles. The molecule has 4 heteroatoms. The number of benzene rings is 4. The number of carboxylic acid groups (broad SMARTS) is 1. The Balaban J connectivity index is 1.52. The molecule has 158 valence electrons. The van der Waals surface area contributed by atoms with Crippen molar-refractivity contribution < 1.29 is 19.4 Å². The van der Waals surface area contributed by atoms with Crippen LogP contribution in [0.3, 0.4) is 0 Å². The molecule has 1 aliphatic carbocycles. The molecule has 4 aromatic carbocycles. The molecule has 4 nitrogen and oxygen atoms in total. The fourth-order valence-electron chi connectivity index (χ4n) is 4.94. The molecule has 1 N–H and O–H groups in total. The van der Waals surface area contributed by atoms with Gasteiger partial charge in [0, 0.05) is 11.8 Å². The van der Waals surface area contributed by atoms with Crippen molar-refractivity contribution in [3.05, 3.63) is 114 Å². The largest absolute Gasteiger partial charge is 0.481 e. The second-order valence-electron chi connectivity index (χ2n) is 8.19. The van der Waals surface area contributed by atoms with Gasteiger partial charge in [-0.2, -0.15) is 0 Å². The third kappa shape index (κ3) is 3.54. The molecule has 1 aliphatic rings. The predicted molar refractivity (Wildman–Crippen MR) is 123 cm³/mol. The number of carbonyl (C=O) groups is 2. The average molecular weight is 422 g/mol. The van der Waals surface area contributed by atoms with E-state index in [4.69, 9.17) is 4.74 Å². The molecule has 0 spiro atoms. The number of aliphatic carboxylic acids is 1. The number of carbonyl (C=O) groups excluding carboxylic acids is 1. The monoisotopic (exact) mass is 422 g/mol. The molecule has 0 saturated heterocycles. The summed E-state index contributed by atoms with van der Waals surface area (Å²) in [6, 6.07) is 32.2. The van der Waals surface area contributed by atoms with Gasteiger partial charge in [-0.05, 0) is 34.0 Å². The van der Waals surface area contributed by atoms with Crippen molar-refractivity contribution >= 4 is 22.7 Å². The fourth-order valence-corrected chi connectivity index (χ4v) is 4.94. The minimum absolute atomic E-state index is 0.402. The van der Waals surface area contributed by atoms with Crippen LogP contribution in [0.5, 0.6) is 5.75 Å². The molecule has 0 aliphatic heterocycles. The van der Waals surface area contributed by atoms with Crippen molar-refractivity contribution in [2.45, 2.75) is 11.8 Å². The summed E-state index contributed by atoms with van der Waals surface area (Å²) in [5.41, 5.74) is 1.68. The summed E-state index contributed by atoms with van der Waals surface area (Å²) in [4.78, 5) is 25.7. The summed E-state index contributed by atoms with van der Waals surface area (Å²) in [5, 5.41) is 12.1. The first-order valence-corrected chi connectivity index (χ1v) is 10.7. The molecule has 4 aromatic rings. The fraction of sp³-hybridized carbons (Fsp3) is 0.143. The Labute approximate surface area is 186 Å². The molecule has 0 amide bonds. The highest BCUT2D eigenvalue weighted by atomic mass is 16.5. The minimum atomic E-state index is -0.900. The van der Waals surface area contributed by atoms with Gasteiger partial charge in [0.2, 0.25) is 0 Å². The molecule has 0 unspecified atom stereocenters. The van der Waals surface area contributed by atoms with Gasteiger partial charge in [0.1, 0.15) is 5.75 Å². The first-order valence-electron chi connectivity index (χ1n) is 10.7. The lowest BCUT2D eigenvalue weighted by Gasteiger charge is -2.48. The van der Waals surface area contributed by atoms with Crippen LogP contribution >= 0.6 is 0 Å². The van der Waals surface area contributed by atoms with Crippen molar-refractivity contribution in [2.24, 2.45) is 11.8 Å². The number of ether oxygens (including phenoxy) is 1.